The van der Waals surface area contributed by atoms with Gasteiger partial charge in [0, 0.05) is 38.4 Å². The number of hydrogen-bond donors (Lipinski definition) is 1. The van der Waals surface area contributed by atoms with Gasteiger partial charge in [0.25, 0.3) is 0 Å². The van der Waals surface area contributed by atoms with E-state index >= 15 is 0 Å². The van der Waals surface area contributed by atoms with Crippen LogP contribution >= 0.6 is 0 Å². The third-order valence-electron chi connectivity index (χ3n) is 3.32. The third-order valence-corrected chi connectivity index (χ3v) is 3.32. The van der Waals surface area contributed by atoms with Gasteiger partial charge in [0.2, 0.25) is 0 Å². The van der Waals surface area contributed by atoms with Gasteiger partial charge in [0.1, 0.15) is 5.75 Å². The van der Waals surface area contributed by atoms with Crippen molar-refractivity contribution in [3.05, 3.63) is 24.3 Å². The molecule has 1 fully saturated rings. The first-order valence-corrected chi connectivity index (χ1v) is 6.67. The summed E-state index contributed by atoms with van der Waals surface area (Å²) in [5.74, 6) is 0.800. The quantitative estimate of drug-likeness (QED) is 0.900. The van der Waals surface area contributed by atoms with E-state index < -0.39 is 0 Å². The molecule has 1 aromatic carbocycles. The molecule has 1 heterocycles. The molecule has 0 aromatic heterocycles. The molecule has 0 saturated carbocycles. The van der Waals surface area contributed by atoms with Gasteiger partial charge in [-0.05, 0) is 31.2 Å². The van der Waals surface area contributed by atoms with Crippen LogP contribution in [0.3, 0.4) is 0 Å². The van der Waals surface area contributed by atoms with Crippen LogP contribution in [0.15, 0.2) is 24.3 Å². The molecular formula is C14H21N3O2. The van der Waals surface area contributed by atoms with Crippen molar-refractivity contribution in [1.29, 1.82) is 0 Å². The van der Waals surface area contributed by atoms with Gasteiger partial charge in [-0.2, -0.15) is 0 Å². The monoisotopic (exact) mass is 263 g/mol. The van der Waals surface area contributed by atoms with Gasteiger partial charge < -0.3 is 15.0 Å². The summed E-state index contributed by atoms with van der Waals surface area (Å²) in [5.41, 5.74) is 0.909. The Hall–Kier alpha value is -1.75. The highest BCUT2D eigenvalue weighted by atomic mass is 16.5. The lowest BCUT2D eigenvalue weighted by Gasteiger charge is -2.32. The number of benzene rings is 1. The van der Waals surface area contributed by atoms with Crippen LogP contribution < -0.4 is 15.0 Å². The van der Waals surface area contributed by atoms with Crippen molar-refractivity contribution in [2.75, 3.05) is 44.7 Å². The van der Waals surface area contributed by atoms with Gasteiger partial charge in [-0.3, -0.25) is 4.90 Å². The first-order valence-electron chi connectivity index (χ1n) is 6.67. The van der Waals surface area contributed by atoms with E-state index in [0.29, 0.717) is 6.54 Å². The number of piperazine rings is 1. The van der Waals surface area contributed by atoms with Crippen LogP contribution in [0.25, 0.3) is 0 Å². The van der Waals surface area contributed by atoms with E-state index in [-0.39, 0.29) is 6.03 Å². The number of carbonyl (C=O) groups is 1. The Bertz CT molecular complexity index is 413. The first-order chi connectivity index (χ1) is 9.26. The lowest BCUT2D eigenvalue weighted by Crippen LogP contribution is -2.51. The molecule has 1 aliphatic heterocycles. The van der Waals surface area contributed by atoms with Crippen molar-refractivity contribution in [3.63, 3.8) is 0 Å². The van der Waals surface area contributed by atoms with Crippen molar-refractivity contribution in [1.82, 2.24) is 10.2 Å². The summed E-state index contributed by atoms with van der Waals surface area (Å²) in [4.78, 5) is 16.2. The summed E-state index contributed by atoms with van der Waals surface area (Å²) in [6.07, 6.45) is 0. The fourth-order valence-corrected chi connectivity index (χ4v) is 2.22. The molecule has 5 heteroatoms. The summed E-state index contributed by atoms with van der Waals surface area (Å²) < 4.78 is 5.14. The predicted molar refractivity (Wildman–Crippen MR) is 75.9 cm³/mol. The molecule has 1 N–H and O–H groups in total. The van der Waals surface area contributed by atoms with Gasteiger partial charge in [-0.1, -0.05) is 0 Å². The minimum absolute atomic E-state index is 0.0779. The van der Waals surface area contributed by atoms with E-state index in [9.17, 15) is 4.79 Å². The summed E-state index contributed by atoms with van der Waals surface area (Å²) in [5, 5.41) is 3.25. The molecule has 2 rings (SSSR count). The zero-order valence-corrected chi connectivity index (χ0v) is 11.6. The van der Waals surface area contributed by atoms with E-state index in [2.05, 4.69) is 5.32 Å². The second kappa shape index (κ2) is 6.43. The van der Waals surface area contributed by atoms with Crippen LogP contribution in [-0.4, -0.2) is 50.8 Å². The Labute approximate surface area is 114 Å². The number of nitrogens with one attached hydrogen (secondary N) is 1. The Morgan fingerprint density at radius 3 is 2.47 bits per heavy atom. The zero-order chi connectivity index (χ0) is 13.7. The van der Waals surface area contributed by atoms with Crippen molar-refractivity contribution in [3.8, 4) is 5.75 Å². The smallest absolute Gasteiger partial charge is 0.324 e. The topological polar surface area (TPSA) is 44.8 Å². The van der Waals surface area contributed by atoms with E-state index in [0.717, 1.165) is 37.6 Å². The predicted octanol–water partition coefficient (Wildman–Crippen LogP) is 1.55. The number of urea groups is 1. The molecule has 104 valence electrons. The summed E-state index contributed by atoms with van der Waals surface area (Å²) in [6.45, 7) is 5.92. The average molecular weight is 263 g/mol. The van der Waals surface area contributed by atoms with Gasteiger partial charge in [-0.25, -0.2) is 4.79 Å². The van der Waals surface area contributed by atoms with Crippen molar-refractivity contribution >= 4 is 11.7 Å². The number of amides is 2. The lowest BCUT2D eigenvalue weighted by atomic mass is 10.2. The number of hydrogen-bond acceptors (Lipinski definition) is 3. The number of nitrogens with zero attached hydrogens (tertiary/aromatic N) is 2. The average Bonchev–Trinajstić information content (AvgIpc) is 2.49. The molecule has 0 radical (unpaired) electrons. The van der Waals surface area contributed by atoms with E-state index in [4.69, 9.17) is 4.74 Å². The molecule has 0 atom stereocenters. The number of carbonyl (C=O) groups excluding carboxylic acids is 1. The first kappa shape index (κ1) is 13.7. The third kappa shape index (κ3) is 3.17. The molecule has 5 nitrogen and oxygen atoms in total. The maximum Gasteiger partial charge on any atom is 0.324 e. The molecule has 1 aliphatic rings. The van der Waals surface area contributed by atoms with Crippen LogP contribution in [0.2, 0.25) is 0 Å². The molecule has 0 bridgehead atoms. The van der Waals surface area contributed by atoms with Crippen LogP contribution in [0.5, 0.6) is 5.75 Å². The number of rotatable bonds is 3. The molecule has 2 amide bonds. The normalized spacial score (nSPS) is 15.2. The lowest BCUT2D eigenvalue weighted by molar-refractivity contribution is 0.197. The highest BCUT2D eigenvalue weighted by Gasteiger charge is 2.22. The largest absolute Gasteiger partial charge is 0.497 e. The molecule has 0 aliphatic carbocycles. The van der Waals surface area contributed by atoms with Gasteiger partial charge in [-0.15, -0.1) is 0 Å². The van der Waals surface area contributed by atoms with E-state index in [1.807, 2.05) is 36.1 Å². The number of methoxy groups -OCH3 is 1. The molecule has 19 heavy (non-hydrogen) atoms. The fourth-order valence-electron chi connectivity index (χ4n) is 2.22. The van der Waals surface area contributed by atoms with E-state index in [1.165, 1.54) is 0 Å². The van der Waals surface area contributed by atoms with Crippen LogP contribution in [0.4, 0.5) is 10.5 Å². The van der Waals surface area contributed by atoms with E-state index in [1.54, 1.807) is 12.0 Å². The highest BCUT2D eigenvalue weighted by molar-refractivity contribution is 5.92. The Balaban J connectivity index is 2.11. The van der Waals surface area contributed by atoms with Gasteiger partial charge >= 0.3 is 6.03 Å². The highest BCUT2D eigenvalue weighted by Crippen LogP contribution is 2.20. The minimum atomic E-state index is 0.0779. The Kier molecular flexibility index (Phi) is 4.63. The zero-order valence-electron chi connectivity index (χ0n) is 11.6. The maximum absolute atomic E-state index is 12.5. The standard InChI is InChI=1S/C14H21N3O2/c1-3-17(12-4-6-13(19-2)7-5-12)14(18)16-10-8-15-9-11-16/h4-7,15H,3,8-11H2,1-2H3. The van der Waals surface area contributed by atoms with Crippen LogP contribution in [0, 0.1) is 0 Å². The van der Waals surface area contributed by atoms with Crippen molar-refractivity contribution < 1.29 is 9.53 Å². The fraction of sp³-hybridized carbons (Fsp3) is 0.500. The maximum atomic E-state index is 12.5. The summed E-state index contributed by atoms with van der Waals surface area (Å²) >= 11 is 0. The minimum Gasteiger partial charge on any atom is -0.497 e. The number of ether oxygens (including phenoxy) is 1. The molecule has 1 saturated heterocycles. The Morgan fingerprint density at radius 1 is 1.32 bits per heavy atom. The second-order valence-electron chi connectivity index (χ2n) is 4.46. The Morgan fingerprint density at radius 2 is 1.95 bits per heavy atom. The number of anilines is 1. The molecule has 1 aromatic rings. The van der Waals surface area contributed by atoms with Crippen molar-refractivity contribution in [2.45, 2.75) is 6.92 Å². The van der Waals surface area contributed by atoms with Gasteiger partial charge in [0.15, 0.2) is 0 Å². The van der Waals surface area contributed by atoms with Crippen LogP contribution in [0.1, 0.15) is 6.92 Å². The second-order valence-corrected chi connectivity index (χ2v) is 4.46. The SMILES string of the molecule is CCN(C(=O)N1CCNCC1)c1ccc(OC)cc1. The van der Waals surface area contributed by atoms with Crippen molar-refractivity contribution in [2.24, 2.45) is 0 Å². The molecular weight excluding hydrogens is 242 g/mol. The summed E-state index contributed by atoms with van der Waals surface area (Å²) in [6, 6.07) is 7.67. The van der Waals surface area contributed by atoms with Crippen LogP contribution in [-0.2, 0) is 0 Å². The molecule has 0 unspecified atom stereocenters. The molecule has 0 spiro atoms. The van der Waals surface area contributed by atoms with Gasteiger partial charge in [0.05, 0.1) is 7.11 Å². The summed E-state index contributed by atoms with van der Waals surface area (Å²) in [7, 11) is 1.64.